The summed E-state index contributed by atoms with van der Waals surface area (Å²) in [5, 5.41) is 4.18. The number of halogens is 3. The van der Waals surface area contributed by atoms with Gasteiger partial charge in [-0.3, -0.25) is 0 Å². The second kappa shape index (κ2) is 5.20. The van der Waals surface area contributed by atoms with Crippen LogP contribution < -0.4 is 5.32 Å². The van der Waals surface area contributed by atoms with Crippen molar-refractivity contribution in [1.82, 2.24) is 4.98 Å². The van der Waals surface area contributed by atoms with Crippen LogP contribution in [0.25, 0.3) is 10.2 Å². The van der Waals surface area contributed by atoms with Gasteiger partial charge in [-0.2, -0.15) is 0 Å². The van der Waals surface area contributed by atoms with E-state index < -0.39 is 5.82 Å². The number of fused-ring (bicyclic) bond motifs is 1. The molecule has 0 atom stereocenters. The van der Waals surface area contributed by atoms with Gasteiger partial charge in [0.2, 0.25) is 0 Å². The van der Waals surface area contributed by atoms with Crippen LogP contribution in [-0.4, -0.2) is 4.98 Å². The van der Waals surface area contributed by atoms with E-state index in [1.807, 2.05) is 19.1 Å². The fraction of sp³-hybridized carbons (Fsp3) is 0.0714. The predicted octanol–water partition coefficient (Wildman–Crippen LogP) is 5.79. The Morgan fingerprint density at radius 3 is 2.55 bits per heavy atom. The molecule has 3 rings (SSSR count). The monoisotopic (exact) mass is 326 g/mol. The fourth-order valence-electron chi connectivity index (χ4n) is 1.85. The summed E-state index contributed by atoms with van der Waals surface area (Å²) in [7, 11) is 0. The zero-order chi connectivity index (χ0) is 14.3. The summed E-state index contributed by atoms with van der Waals surface area (Å²) < 4.78 is 14.2. The third-order valence-electron chi connectivity index (χ3n) is 2.78. The Bertz CT molecular complexity index is 778. The Kier molecular flexibility index (Phi) is 3.54. The first-order valence-corrected chi connectivity index (χ1v) is 7.39. The molecule has 0 aliphatic rings. The minimum Gasteiger partial charge on any atom is -0.329 e. The van der Waals surface area contributed by atoms with Crippen LogP contribution in [-0.2, 0) is 0 Å². The quantitative estimate of drug-likeness (QED) is 0.644. The number of hydrogen-bond donors (Lipinski definition) is 1. The summed E-state index contributed by atoms with van der Waals surface area (Å²) in [4.78, 5) is 4.45. The highest BCUT2D eigenvalue weighted by Gasteiger charge is 2.11. The molecule has 0 amide bonds. The average Bonchev–Trinajstić information content (AvgIpc) is 2.75. The first kappa shape index (κ1) is 13.6. The first-order valence-electron chi connectivity index (χ1n) is 5.82. The molecule has 6 heteroatoms. The molecule has 0 aliphatic carbocycles. The number of rotatable bonds is 2. The van der Waals surface area contributed by atoms with Crippen molar-refractivity contribution in [3.63, 3.8) is 0 Å². The highest BCUT2D eigenvalue weighted by molar-refractivity contribution is 7.22. The molecular weight excluding hydrogens is 318 g/mol. The first-order chi connectivity index (χ1) is 9.52. The lowest BCUT2D eigenvalue weighted by molar-refractivity contribution is 0.628. The van der Waals surface area contributed by atoms with E-state index in [1.54, 1.807) is 0 Å². The number of aromatic nitrogens is 1. The number of nitrogens with one attached hydrogen (secondary N) is 1. The minimum atomic E-state index is -0.467. The van der Waals surface area contributed by atoms with Crippen molar-refractivity contribution < 1.29 is 4.39 Å². The van der Waals surface area contributed by atoms with Gasteiger partial charge >= 0.3 is 0 Å². The molecule has 0 unspecified atom stereocenters. The minimum absolute atomic E-state index is 0.227. The van der Waals surface area contributed by atoms with E-state index in [-0.39, 0.29) is 10.0 Å². The number of nitrogens with zero attached hydrogens (tertiary/aromatic N) is 1. The molecule has 102 valence electrons. The standard InChI is InChI=1S/C14H9Cl2FN2S/c1-7-2-3-11-12(4-7)20-14(18-11)19-13-9(15)5-8(17)6-10(13)16/h2-6H,1H3,(H,18,19). The van der Waals surface area contributed by atoms with Gasteiger partial charge in [0, 0.05) is 0 Å². The van der Waals surface area contributed by atoms with Crippen molar-refractivity contribution in [2.24, 2.45) is 0 Å². The van der Waals surface area contributed by atoms with Crippen LogP contribution in [0.3, 0.4) is 0 Å². The summed E-state index contributed by atoms with van der Waals surface area (Å²) in [5.41, 5.74) is 2.54. The van der Waals surface area contributed by atoms with E-state index in [1.165, 1.54) is 29.0 Å². The second-order valence-corrected chi connectivity index (χ2v) is 6.20. The Labute approximate surface area is 129 Å². The number of thiazole rings is 1. The molecule has 3 aromatic rings. The molecule has 1 aromatic heterocycles. The lowest BCUT2D eigenvalue weighted by Crippen LogP contribution is -1.92. The lowest BCUT2D eigenvalue weighted by atomic mass is 10.2. The van der Waals surface area contributed by atoms with Gasteiger partial charge in [0.1, 0.15) is 5.82 Å². The van der Waals surface area contributed by atoms with E-state index in [0.717, 1.165) is 10.2 Å². The number of aryl methyl sites for hydroxylation is 1. The van der Waals surface area contributed by atoms with Crippen LogP contribution in [0, 0.1) is 12.7 Å². The molecule has 0 saturated heterocycles. The molecule has 0 fully saturated rings. The maximum atomic E-state index is 13.1. The summed E-state index contributed by atoms with van der Waals surface area (Å²) >= 11 is 13.5. The van der Waals surface area contributed by atoms with E-state index in [9.17, 15) is 4.39 Å². The third-order valence-corrected chi connectivity index (χ3v) is 4.31. The maximum absolute atomic E-state index is 13.1. The van der Waals surface area contributed by atoms with Crippen LogP contribution in [0.4, 0.5) is 15.2 Å². The average molecular weight is 327 g/mol. The number of anilines is 2. The molecule has 0 radical (unpaired) electrons. The molecule has 1 heterocycles. The van der Waals surface area contributed by atoms with Gasteiger partial charge in [0.25, 0.3) is 0 Å². The van der Waals surface area contributed by atoms with Gasteiger partial charge in [-0.05, 0) is 36.8 Å². The normalized spacial score (nSPS) is 11.0. The summed E-state index contributed by atoms with van der Waals surface area (Å²) in [6.07, 6.45) is 0. The van der Waals surface area contributed by atoms with Crippen molar-refractivity contribution in [2.75, 3.05) is 5.32 Å². The van der Waals surface area contributed by atoms with Gasteiger partial charge in [-0.1, -0.05) is 40.6 Å². The second-order valence-electron chi connectivity index (χ2n) is 4.36. The maximum Gasteiger partial charge on any atom is 0.188 e. The van der Waals surface area contributed by atoms with Crippen molar-refractivity contribution in [2.45, 2.75) is 6.92 Å². The van der Waals surface area contributed by atoms with E-state index in [0.29, 0.717) is 10.8 Å². The van der Waals surface area contributed by atoms with Crippen molar-refractivity contribution in [3.8, 4) is 0 Å². The molecule has 1 N–H and O–H groups in total. The van der Waals surface area contributed by atoms with Gasteiger partial charge in [0.05, 0.1) is 25.9 Å². The van der Waals surface area contributed by atoms with Crippen molar-refractivity contribution in [3.05, 3.63) is 51.8 Å². The van der Waals surface area contributed by atoms with E-state index in [2.05, 4.69) is 16.4 Å². The third kappa shape index (κ3) is 2.59. The molecule has 2 aromatic carbocycles. The van der Waals surface area contributed by atoms with Crippen molar-refractivity contribution >= 4 is 55.6 Å². The van der Waals surface area contributed by atoms with Gasteiger partial charge in [0.15, 0.2) is 5.13 Å². The summed E-state index contributed by atoms with van der Waals surface area (Å²) in [5.74, 6) is -0.467. The molecule has 0 bridgehead atoms. The molecule has 20 heavy (non-hydrogen) atoms. The Balaban J connectivity index is 2.01. The molecule has 0 saturated carbocycles. The van der Waals surface area contributed by atoms with Gasteiger partial charge in [-0.15, -0.1) is 0 Å². The molecule has 2 nitrogen and oxygen atoms in total. The Morgan fingerprint density at radius 2 is 1.85 bits per heavy atom. The van der Waals surface area contributed by atoms with Crippen LogP contribution in [0.2, 0.25) is 10.0 Å². The van der Waals surface area contributed by atoms with Gasteiger partial charge in [-0.25, -0.2) is 9.37 Å². The topological polar surface area (TPSA) is 24.9 Å². The smallest absolute Gasteiger partial charge is 0.188 e. The highest BCUT2D eigenvalue weighted by Crippen LogP contribution is 2.36. The number of benzene rings is 2. The lowest BCUT2D eigenvalue weighted by Gasteiger charge is -2.07. The zero-order valence-electron chi connectivity index (χ0n) is 10.4. The zero-order valence-corrected chi connectivity index (χ0v) is 12.7. The van der Waals surface area contributed by atoms with Crippen LogP contribution in [0.1, 0.15) is 5.56 Å². The molecular formula is C14H9Cl2FN2S. The Hall–Kier alpha value is -1.36. The number of hydrogen-bond acceptors (Lipinski definition) is 3. The predicted molar refractivity (Wildman–Crippen MR) is 84.1 cm³/mol. The van der Waals surface area contributed by atoms with Crippen LogP contribution in [0.5, 0.6) is 0 Å². The van der Waals surface area contributed by atoms with Crippen LogP contribution >= 0.6 is 34.5 Å². The fourth-order valence-corrected chi connectivity index (χ4v) is 3.38. The van der Waals surface area contributed by atoms with Crippen molar-refractivity contribution in [1.29, 1.82) is 0 Å². The van der Waals surface area contributed by atoms with E-state index in [4.69, 9.17) is 23.2 Å². The SMILES string of the molecule is Cc1ccc2nc(Nc3c(Cl)cc(F)cc3Cl)sc2c1. The molecule has 0 spiro atoms. The largest absolute Gasteiger partial charge is 0.329 e. The Morgan fingerprint density at radius 1 is 1.15 bits per heavy atom. The highest BCUT2D eigenvalue weighted by atomic mass is 35.5. The van der Waals surface area contributed by atoms with Crippen LogP contribution in [0.15, 0.2) is 30.3 Å². The summed E-state index contributed by atoms with van der Waals surface area (Å²) in [6, 6.07) is 8.45. The van der Waals surface area contributed by atoms with E-state index >= 15 is 0 Å². The molecule has 0 aliphatic heterocycles. The van der Waals surface area contributed by atoms with Gasteiger partial charge < -0.3 is 5.32 Å². The summed E-state index contributed by atoms with van der Waals surface area (Å²) in [6.45, 7) is 2.03.